The lowest BCUT2D eigenvalue weighted by Gasteiger charge is -2.21. The average molecular weight is 411 g/mol. The highest BCUT2D eigenvalue weighted by atomic mass is 127. The maximum absolute atomic E-state index is 5.74. The number of halogens is 1. The molecule has 0 bridgehead atoms. The second kappa shape index (κ2) is 11.5. The highest BCUT2D eigenvalue weighted by Crippen LogP contribution is 2.18. The van der Waals surface area contributed by atoms with E-state index in [0.29, 0.717) is 12.0 Å². The van der Waals surface area contributed by atoms with Crippen LogP contribution in [0.4, 0.5) is 0 Å². The molecule has 2 N–H and O–H groups in total. The molecule has 2 fully saturated rings. The number of aliphatic imine (C=N–C) groups is 1. The Bertz CT molecular complexity index is 293. The minimum absolute atomic E-state index is 0. The Morgan fingerprint density at radius 3 is 2.67 bits per heavy atom. The second-order valence-electron chi connectivity index (χ2n) is 5.66. The maximum atomic E-state index is 5.74. The van der Waals surface area contributed by atoms with Crippen molar-refractivity contribution in [2.75, 3.05) is 39.5 Å². The number of nitrogens with zero attached hydrogens (tertiary/aromatic N) is 1. The summed E-state index contributed by atoms with van der Waals surface area (Å²) >= 11 is 0. The Labute approximate surface area is 145 Å². The van der Waals surface area contributed by atoms with Gasteiger partial charge in [0.15, 0.2) is 5.96 Å². The van der Waals surface area contributed by atoms with Gasteiger partial charge in [0, 0.05) is 45.6 Å². The highest BCUT2D eigenvalue weighted by molar-refractivity contribution is 14.0. The van der Waals surface area contributed by atoms with Crippen LogP contribution >= 0.6 is 24.0 Å². The summed E-state index contributed by atoms with van der Waals surface area (Å²) in [5.41, 5.74) is 0. The normalized spacial score (nSPS) is 20.0. The van der Waals surface area contributed by atoms with Crippen LogP contribution in [-0.4, -0.2) is 51.5 Å². The molecule has 0 unspecified atom stereocenters. The first kappa shape index (κ1) is 19.0. The van der Waals surface area contributed by atoms with Gasteiger partial charge in [-0.2, -0.15) is 0 Å². The van der Waals surface area contributed by atoms with Gasteiger partial charge < -0.3 is 20.1 Å². The number of hydrogen-bond donors (Lipinski definition) is 2. The van der Waals surface area contributed by atoms with Gasteiger partial charge in [-0.1, -0.05) is 0 Å². The van der Waals surface area contributed by atoms with E-state index >= 15 is 0 Å². The van der Waals surface area contributed by atoms with Crippen molar-refractivity contribution < 1.29 is 9.47 Å². The van der Waals surface area contributed by atoms with Crippen molar-refractivity contribution in [1.82, 2.24) is 10.6 Å². The van der Waals surface area contributed by atoms with Gasteiger partial charge in [0.2, 0.25) is 0 Å². The molecule has 0 atom stereocenters. The van der Waals surface area contributed by atoms with E-state index in [9.17, 15) is 0 Å². The van der Waals surface area contributed by atoms with E-state index in [0.717, 1.165) is 64.7 Å². The zero-order valence-corrected chi connectivity index (χ0v) is 15.4. The molecule has 2 aliphatic rings. The molecule has 124 valence electrons. The predicted octanol–water partition coefficient (Wildman–Crippen LogP) is 2.16. The van der Waals surface area contributed by atoms with Crippen LogP contribution in [0.3, 0.4) is 0 Å². The van der Waals surface area contributed by atoms with E-state index in [-0.39, 0.29) is 24.0 Å². The van der Waals surface area contributed by atoms with Crippen molar-refractivity contribution in [3.05, 3.63) is 0 Å². The van der Waals surface area contributed by atoms with Crippen molar-refractivity contribution in [3.63, 3.8) is 0 Å². The van der Waals surface area contributed by atoms with Crippen molar-refractivity contribution in [3.8, 4) is 0 Å². The molecule has 1 heterocycles. The van der Waals surface area contributed by atoms with Gasteiger partial charge in [0.25, 0.3) is 0 Å². The number of guanidine groups is 1. The standard InChI is InChI=1S/C15H29N3O2.HI/c1-2-16-15(18-14-4-5-14)17-8-3-9-20-12-13-6-10-19-11-7-13;/h13-14H,2-12H2,1H3,(H2,16,17,18);1H. The number of nitrogens with one attached hydrogen (secondary N) is 2. The first-order valence-corrected chi connectivity index (χ1v) is 8.09. The lowest BCUT2D eigenvalue weighted by molar-refractivity contribution is 0.0205. The van der Waals surface area contributed by atoms with E-state index in [2.05, 4.69) is 22.5 Å². The van der Waals surface area contributed by atoms with E-state index in [4.69, 9.17) is 9.47 Å². The van der Waals surface area contributed by atoms with Crippen LogP contribution in [0.1, 0.15) is 39.0 Å². The molecule has 0 spiro atoms. The van der Waals surface area contributed by atoms with Gasteiger partial charge in [-0.3, -0.25) is 4.99 Å². The Kier molecular flexibility index (Phi) is 10.4. The van der Waals surface area contributed by atoms with E-state index in [1.807, 2.05) is 0 Å². The van der Waals surface area contributed by atoms with Gasteiger partial charge in [0.05, 0.1) is 0 Å². The van der Waals surface area contributed by atoms with Crippen LogP contribution in [0, 0.1) is 5.92 Å². The second-order valence-corrected chi connectivity index (χ2v) is 5.66. The molecule has 1 saturated carbocycles. The van der Waals surface area contributed by atoms with E-state index < -0.39 is 0 Å². The molecule has 0 aromatic rings. The van der Waals surface area contributed by atoms with Gasteiger partial charge in [-0.15, -0.1) is 24.0 Å². The summed E-state index contributed by atoms with van der Waals surface area (Å²) in [6.45, 7) is 7.33. The van der Waals surface area contributed by atoms with Crippen molar-refractivity contribution in [1.29, 1.82) is 0 Å². The molecule has 0 amide bonds. The summed E-state index contributed by atoms with van der Waals surface area (Å²) in [4.78, 5) is 4.57. The molecule has 1 saturated heterocycles. The lowest BCUT2D eigenvalue weighted by atomic mass is 10.0. The fourth-order valence-corrected chi connectivity index (χ4v) is 2.26. The van der Waals surface area contributed by atoms with E-state index in [1.165, 1.54) is 12.8 Å². The highest BCUT2D eigenvalue weighted by Gasteiger charge is 2.21. The summed E-state index contributed by atoms with van der Waals surface area (Å²) in [5, 5.41) is 6.70. The Morgan fingerprint density at radius 2 is 2.00 bits per heavy atom. The summed E-state index contributed by atoms with van der Waals surface area (Å²) < 4.78 is 11.1. The van der Waals surface area contributed by atoms with E-state index in [1.54, 1.807) is 0 Å². The molecule has 0 aromatic carbocycles. The molecule has 2 rings (SSSR count). The summed E-state index contributed by atoms with van der Waals surface area (Å²) in [6.07, 6.45) is 5.84. The largest absolute Gasteiger partial charge is 0.381 e. The predicted molar refractivity (Wildman–Crippen MR) is 96.5 cm³/mol. The summed E-state index contributed by atoms with van der Waals surface area (Å²) in [7, 11) is 0. The van der Waals surface area contributed by atoms with Gasteiger partial charge >= 0.3 is 0 Å². The Balaban J connectivity index is 0.00000220. The zero-order chi connectivity index (χ0) is 14.0. The first-order valence-electron chi connectivity index (χ1n) is 8.09. The minimum atomic E-state index is 0. The zero-order valence-electron chi connectivity index (χ0n) is 13.1. The average Bonchev–Trinajstić information content (AvgIpc) is 3.28. The molecule has 0 radical (unpaired) electrons. The summed E-state index contributed by atoms with van der Waals surface area (Å²) in [5.74, 6) is 1.65. The Hall–Kier alpha value is -0.0800. The van der Waals surface area contributed by atoms with Crippen LogP contribution in [-0.2, 0) is 9.47 Å². The van der Waals surface area contributed by atoms with Crippen LogP contribution in [0.15, 0.2) is 4.99 Å². The SMILES string of the molecule is CCNC(=NCCCOCC1CCOCC1)NC1CC1.I. The van der Waals surface area contributed by atoms with Crippen LogP contribution in [0.25, 0.3) is 0 Å². The van der Waals surface area contributed by atoms with Crippen molar-refractivity contribution in [2.24, 2.45) is 10.9 Å². The maximum Gasteiger partial charge on any atom is 0.191 e. The van der Waals surface area contributed by atoms with Gasteiger partial charge in [0.1, 0.15) is 0 Å². The fraction of sp³-hybridized carbons (Fsp3) is 0.933. The summed E-state index contributed by atoms with van der Waals surface area (Å²) in [6, 6.07) is 0.651. The van der Waals surface area contributed by atoms with Crippen LogP contribution in [0.2, 0.25) is 0 Å². The molecular weight excluding hydrogens is 381 g/mol. The molecule has 21 heavy (non-hydrogen) atoms. The molecular formula is C15H30IN3O2. The molecule has 5 nitrogen and oxygen atoms in total. The molecule has 0 aromatic heterocycles. The third kappa shape index (κ3) is 8.83. The third-order valence-corrected chi connectivity index (χ3v) is 3.67. The topological polar surface area (TPSA) is 54.9 Å². The number of ether oxygens (including phenoxy) is 2. The van der Waals surface area contributed by atoms with Crippen molar-refractivity contribution in [2.45, 2.75) is 45.1 Å². The lowest BCUT2D eigenvalue weighted by Crippen LogP contribution is -2.38. The third-order valence-electron chi connectivity index (χ3n) is 3.67. The molecule has 1 aliphatic carbocycles. The minimum Gasteiger partial charge on any atom is -0.381 e. The first-order chi connectivity index (χ1) is 9.88. The number of hydrogen-bond acceptors (Lipinski definition) is 3. The Morgan fingerprint density at radius 1 is 1.24 bits per heavy atom. The smallest absolute Gasteiger partial charge is 0.191 e. The number of rotatable bonds is 8. The van der Waals surface area contributed by atoms with Crippen LogP contribution < -0.4 is 10.6 Å². The fourth-order valence-electron chi connectivity index (χ4n) is 2.26. The molecule has 6 heteroatoms. The van der Waals surface area contributed by atoms with Gasteiger partial charge in [-0.25, -0.2) is 0 Å². The molecule has 1 aliphatic heterocycles. The van der Waals surface area contributed by atoms with Crippen LogP contribution in [0.5, 0.6) is 0 Å². The monoisotopic (exact) mass is 411 g/mol. The quantitative estimate of drug-likeness (QED) is 0.278. The van der Waals surface area contributed by atoms with Gasteiger partial charge in [-0.05, 0) is 44.9 Å². The van der Waals surface area contributed by atoms with Crippen molar-refractivity contribution >= 4 is 29.9 Å².